The molecule has 0 atom stereocenters. The Bertz CT molecular complexity index is 738. The number of nitrogens with zero attached hydrogens (tertiary/aromatic N) is 1. The molecule has 5 heteroatoms. The third-order valence-electron chi connectivity index (χ3n) is 4.69. The maximum absolute atomic E-state index is 12.2. The lowest BCUT2D eigenvalue weighted by Gasteiger charge is -2.06. The molecule has 0 saturated carbocycles. The van der Waals surface area contributed by atoms with Crippen molar-refractivity contribution in [2.45, 2.75) is 64.7 Å². The molecule has 2 aromatic rings. The van der Waals surface area contributed by atoms with Crippen molar-refractivity contribution in [3.63, 3.8) is 0 Å². The summed E-state index contributed by atoms with van der Waals surface area (Å²) >= 11 is 0. The highest BCUT2D eigenvalue weighted by atomic mass is 16.5. The van der Waals surface area contributed by atoms with E-state index in [1.54, 1.807) is 12.1 Å². The number of aromatic carboxylic acids is 1. The highest BCUT2D eigenvalue weighted by Crippen LogP contribution is 2.14. The number of unbranched alkanes of at least 4 members (excludes halogenated alkanes) is 7. The van der Waals surface area contributed by atoms with E-state index in [2.05, 4.69) is 11.9 Å². The zero-order chi connectivity index (χ0) is 20.2. The fourth-order valence-corrected chi connectivity index (χ4v) is 2.99. The molecule has 0 aliphatic carbocycles. The summed E-state index contributed by atoms with van der Waals surface area (Å²) in [7, 11) is 0. The van der Waals surface area contributed by atoms with E-state index in [-0.39, 0.29) is 11.4 Å². The second-order valence-corrected chi connectivity index (χ2v) is 7.00. The molecule has 0 aliphatic heterocycles. The van der Waals surface area contributed by atoms with Crippen LogP contribution < -0.4 is 4.74 Å². The minimum Gasteiger partial charge on any atom is -0.478 e. The van der Waals surface area contributed by atoms with Crippen LogP contribution in [-0.2, 0) is 6.42 Å². The third kappa shape index (κ3) is 7.51. The molecule has 5 nitrogen and oxygen atoms in total. The van der Waals surface area contributed by atoms with Gasteiger partial charge in [-0.3, -0.25) is 0 Å². The fourth-order valence-electron chi connectivity index (χ4n) is 2.99. The monoisotopic (exact) mass is 383 g/mol. The molecule has 0 amide bonds. The van der Waals surface area contributed by atoms with Gasteiger partial charge in [0.15, 0.2) is 0 Å². The Balaban J connectivity index is 1.72. The van der Waals surface area contributed by atoms with E-state index < -0.39 is 11.9 Å². The normalized spacial score (nSPS) is 10.6. The molecule has 1 heterocycles. The van der Waals surface area contributed by atoms with Gasteiger partial charge in [0.25, 0.3) is 0 Å². The van der Waals surface area contributed by atoms with Crippen LogP contribution in [0.3, 0.4) is 0 Å². The summed E-state index contributed by atoms with van der Waals surface area (Å²) in [5.41, 5.74) is 1.71. The van der Waals surface area contributed by atoms with Crippen molar-refractivity contribution in [1.29, 1.82) is 0 Å². The molecule has 0 saturated heterocycles. The van der Waals surface area contributed by atoms with Crippen molar-refractivity contribution in [3.8, 4) is 5.88 Å². The smallest absolute Gasteiger partial charge is 0.344 e. The van der Waals surface area contributed by atoms with E-state index in [0.29, 0.717) is 5.56 Å². The largest absolute Gasteiger partial charge is 0.478 e. The molecule has 0 bridgehead atoms. The molecule has 1 N–H and O–H groups in total. The van der Waals surface area contributed by atoms with Crippen molar-refractivity contribution in [2.24, 2.45) is 0 Å². The highest BCUT2D eigenvalue weighted by molar-refractivity contribution is 5.91. The van der Waals surface area contributed by atoms with Crippen LogP contribution in [0.4, 0.5) is 0 Å². The number of hydrogen-bond donors (Lipinski definition) is 1. The van der Waals surface area contributed by atoms with E-state index in [4.69, 9.17) is 9.84 Å². The highest BCUT2D eigenvalue weighted by Gasteiger charge is 2.10. The number of carboxylic acids is 1. The number of pyridine rings is 1. The average Bonchev–Trinajstić information content (AvgIpc) is 2.71. The number of carbonyl (C=O) groups excluding carboxylic acids is 1. The maximum Gasteiger partial charge on any atom is 0.344 e. The molecule has 1 aromatic heterocycles. The number of carbonyl (C=O) groups is 2. The first kappa shape index (κ1) is 21.6. The second-order valence-electron chi connectivity index (χ2n) is 7.00. The third-order valence-corrected chi connectivity index (χ3v) is 4.69. The van der Waals surface area contributed by atoms with Crippen LogP contribution in [0, 0.1) is 0 Å². The van der Waals surface area contributed by atoms with E-state index in [9.17, 15) is 9.59 Å². The predicted molar refractivity (Wildman–Crippen MR) is 109 cm³/mol. The van der Waals surface area contributed by atoms with E-state index in [0.717, 1.165) is 19.0 Å². The number of hydrogen-bond acceptors (Lipinski definition) is 4. The topological polar surface area (TPSA) is 76.5 Å². The molecule has 0 radical (unpaired) electrons. The molecule has 0 aliphatic rings. The van der Waals surface area contributed by atoms with Crippen LogP contribution in [0.1, 0.15) is 84.6 Å². The minimum atomic E-state index is -1.07. The van der Waals surface area contributed by atoms with Crippen LogP contribution >= 0.6 is 0 Å². The first-order valence-electron chi connectivity index (χ1n) is 10.1. The standard InChI is InChI=1S/C23H29NO4/c1-2-3-4-5-6-7-8-9-10-18-11-13-19(14-12-18)23(27)28-21-16-15-20(17-24-21)22(25)26/h11-17H,2-10H2,1H3,(H,25,26). The number of carboxylic acid groups (broad SMARTS) is 1. The summed E-state index contributed by atoms with van der Waals surface area (Å²) in [6.45, 7) is 2.24. The molecule has 28 heavy (non-hydrogen) atoms. The minimum absolute atomic E-state index is 0.0464. The zero-order valence-corrected chi connectivity index (χ0v) is 16.5. The number of rotatable bonds is 12. The lowest BCUT2D eigenvalue weighted by Crippen LogP contribution is -2.10. The number of aryl methyl sites for hydroxylation is 1. The Morgan fingerprint density at radius 1 is 0.857 bits per heavy atom. The molecule has 150 valence electrons. The van der Waals surface area contributed by atoms with Gasteiger partial charge in [-0.05, 0) is 36.6 Å². The quantitative estimate of drug-likeness (QED) is 0.377. The number of aromatic nitrogens is 1. The summed E-state index contributed by atoms with van der Waals surface area (Å²) in [5.74, 6) is -1.50. The number of ether oxygens (including phenoxy) is 1. The van der Waals surface area contributed by atoms with Crippen molar-refractivity contribution in [2.75, 3.05) is 0 Å². The maximum atomic E-state index is 12.2. The lowest BCUT2D eigenvalue weighted by atomic mass is 10.0. The predicted octanol–water partition coefficient (Wildman–Crippen LogP) is 5.68. The van der Waals surface area contributed by atoms with Gasteiger partial charge in [0.2, 0.25) is 5.88 Å². The Labute approximate surface area is 166 Å². The molecular formula is C23H29NO4. The van der Waals surface area contributed by atoms with Crippen LogP contribution in [0.15, 0.2) is 42.6 Å². The van der Waals surface area contributed by atoms with E-state index in [1.807, 2.05) is 12.1 Å². The van der Waals surface area contributed by atoms with Crippen LogP contribution in [0.2, 0.25) is 0 Å². The fraction of sp³-hybridized carbons (Fsp3) is 0.435. The summed E-state index contributed by atoms with van der Waals surface area (Å²) < 4.78 is 5.19. The SMILES string of the molecule is CCCCCCCCCCc1ccc(C(=O)Oc2ccc(C(=O)O)cn2)cc1. The van der Waals surface area contributed by atoms with E-state index in [1.165, 1.54) is 62.6 Å². The van der Waals surface area contributed by atoms with Gasteiger partial charge >= 0.3 is 11.9 Å². The summed E-state index contributed by atoms with van der Waals surface area (Å²) in [4.78, 5) is 26.8. The van der Waals surface area contributed by atoms with Gasteiger partial charge in [0.05, 0.1) is 11.1 Å². The first-order chi connectivity index (χ1) is 13.6. The van der Waals surface area contributed by atoms with Gasteiger partial charge in [0, 0.05) is 12.3 Å². The lowest BCUT2D eigenvalue weighted by molar-refractivity contribution is 0.0696. The first-order valence-corrected chi connectivity index (χ1v) is 10.1. The van der Waals surface area contributed by atoms with Crippen molar-refractivity contribution < 1.29 is 19.4 Å². The van der Waals surface area contributed by atoms with Gasteiger partial charge in [0.1, 0.15) is 0 Å². The van der Waals surface area contributed by atoms with Gasteiger partial charge < -0.3 is 9.84 Å². The van der Waals surface area contributed by atoms with E-state index >= 15 is 0 Å². The number of benzene rings is 1. The van der Waals surface area contributed by atoms with Gasteiger partial charge in [-0.1, -0.05) is 64.0 Å². The van der Waals surface area contributed by atoms with Crippen LogP contribution in [-0.4, -0.2) is 22.0 Å². The van der Waals surface area contributed by atoms with Crippen LogP contribution in [0.25, 0.3) is 0 Å². The van der Waals surface area contributed by atoms with Gasteiger partial charge in [-0.15, -0.1) is 0 Å². The summed E-state index contributed by atoms with van der Waals surface area (Å²) in [5, 5.41) is 8.85. The molecule has 2 rings (SSSR count). The molecule has 0 spiro atoms. The van der Waals surface area contributed by atoms with Gasteiger partial charge in [-0.25, -0.2) is 14.6 Å². The summed E-state index contributed by atoms with van der Waals surface area (Å²) in [6, 6.07) is 10.2. The van der Waals surface area contributed by atoms with Crippen molar-refractivity contribution in [1.82, 2.24) is 4.98 Å². The zero-order valence-electron chi connectivity index (χ0n) is 16.5. The Kier molecular flexibility index (Phi) is 9.19. The Morgan fingerprint density at radius 3 is 2.04 bits per heavy atom. The molecule has 1 aromatic carbocycles. The second kappa shape index (κ2) is 11.9. The summed E-state index contributed by atoms with van der Waals surface area (Å²) in [6.07, 6.45) is 12.5. The van der Waals surface area contributed by atoms with Gasteiger partial charge in [-0.2, -0.15) is 0 Å². The molecule has 0 unspecified atom stereocenters. The van der Waals surface area contributed by atoms with Crippen LogP contribution in [0.5, 0.6) is 5.88 Å². The van der Waals surface area contributed by atoms with Crippen molar-refractivity contribution in [3.05, 3.63) is 59.3 Å². The molecular weight excluding hydrogens is 354 g/mol. The molecule has 0 fully saturated rings. The number of esters is 1. The Morgan fingerprint density at radius 2 is 1.46 bits per heavy atom. The van der Waals surface area contributed by atoms with Crippen molar-refractivity contribution >= 4 is 11.9 Å². The Hall–Kier alpha value is -2.69. The average molecular weight is 383 g/mol.